The molecule has 5 nitrogen and oxygen atoms in total. The predicted octanol–water partition coefficient (Wildman–Crippen LogP) is 1.51. The molecule has 0 saturated carbocycles. The monoisotopic (exact) mass is 276 g/mol. The molecule has 1 amide bonds. The summed E-state index contributed by atoms with van der Waals surface area (Å²) in [7, 11) is 0. The minimum Gasteiger partial charge on any atom is -0.355 e. The number of hydrogen-bond donors (Lipinski definition) is 3. The van der Waals surface area contributed by atoms with Gasteiger partial charge in [-0.15, -0.1) is 11.3 Å². The van der Waals surface area contributed by atoms with E-state index in [-0.39, 0.29) is 5.91 Å². The molecule has 2 aromatic heterocycles. The van der Waals surface area contributed by atoms with Gasteiger partial charge in [0, 0.05) is 31.1 Å². The second kappa shape index (κ2) is 5.54. The van der Waals surface area contributed by atoms with Gasteiger partial charge in [0.05, 0.1) is 16.8 Å². The normalized spacial score (nSPS) is 19.4. The van der Waals surface area contributed by atoms with Gasteiger partial charge in [-0.3, -0.25) is 9.89 Å². The lowest BCUT2D eigenvalue weighted by Crippen LogP contribution is -2.45. The molecule has 100 valence electrons. The molecule has 1 unspecified atom stereocenters. The molecule has 0 aliphatic carbocycles. The first-order valence-electron chi connectivity index (χ1n) is 6.39. The van der Waals surface area contributed by atoms with E-state index in [9.17, 15) is 4.79 Å². The van der Waals surface area contributed by atoms with E-state index >= 15 is 0 Å². The van der Waals surface area contributed by atoms with Crippen LogP contribution in [-0.4, -0.2) is 28.7 Å². The first kappa shape index (κ1) is 12.4. The SMILES string of the molecule is O=C1CCC(NCc2cn[nH]c2-c2cccs2)CN1. The summed E-state index contributed by atoms with van der Waals surface area (Å²) in [6, 6.07) is 4.47. The van der Waals surface area contributed by atoms with Crippen LogP contribution in [0.4, 0.5) is 0 Å². The quantitative estimate of drug-likeness (QED) is 0.792. The van der Waals surface area contributed by atoms with Crippen LogP contribution in [0.3, 0.4) is 0 Å². The maximum Gasteiger partial charge on any atom is 0.220 e. The number of aromatic nitrogens is 2. The second-order valence-electron chi connectivity index (χ2n) is 4.67. The maximum atomic E-state index is 11.1. The van der Waals surface area contributed by atoms with Crippen LogP contribution in [0.15, 0.2) is 23.7 Å². The average Bonchev–Trinajstić information content (AvgIpc) is 3.08. The number of hydrogen-bond acceptors (Lipinski definition) is 4. The van der Waals surface area contributed by atoms with Crippen molar-refractivity contribution in [2.45, 2.75) is 25.4 Å². The third-order valence-electron chi connectivity index (χ3n) is 3.33. The summed E-state index contributed by atoms with van der Waals surface area (Å²) in [4.78, 5) is 12.3. The first-order chi connectivity index (χ1) is 9.33. The zero-order valence-corrected chi connectivity index (χ0v) is 11.3. The van der Waals surface area contributed by atoms with Gasteiger partial charge in [-0.25, -0.2) is 0 Å². The number of rotatable bonds is 4. The van der Waals surface area contributed by atoms with Crippen LogP contribution in [0, 0.1) is 0 Å². The number of thiophene rings is 1. The van der Waals surface area contributed by atoms with Crippen LogP contribution < -0.4 is 10.6 Å². The van der Waals surface area contributed by atoms with E-state index in [2.05, 4.69) is 32.3 Å². The molecule has 0 aromatic carbocycles. The van der Waals surface area contributed by atoms with Crippen LogP contribution in [0.25, 0.3) is 10.6 Å². The number of amides is 1. The van der Waals surface area contributed by atoms with Crippen molar-refractivity contribution in [2.24, 2.45) is 0 Å². The van der Waals surface area contributed by atoms with Crippen molar-refractivity contribution < 1.29 is 4.79 Å². The summed E-state index contributed by atoms with van der Waals surface area (Å²) in [6.07, 6.45) is 3.38. The van der Waals surface area contributed by atoms with Crippen molar-refractivity contribution in [3.63, 3.8) is 0 Å². The second-order valence-corrected chi connectivity index (χ2v) is 5.62. The molecule has 1 aliphatic heterocycles. The molecule has 3 N–H and O–H groups in total. The molecule has 0 bridgehead atoms. The van der Waals surface area contributed by atoms with Crippen molar-refractivity contribution in [1.82, 2.24) is 20.8 Å². The highest BCUT2D eigenvalue weighted by Gasteiger charge is 2.18. The van der Waals surface area contributed by atoms with Crippen LogP contribution in [0.1, 0.15) is 18.4 Å². The number of aromatic amines is 1. The van der Waals surface area contributed by atoms with Crippen LogP contribution >= 0.6 is 11.3 Å². The fourth-order valence-electron chi connectivity index (χ4n) is 2.24. The van der Waals surface area contributed by atoms with Gasteiger partial charge in [0.15, 0.2) is 0 Å². The van der Waals surface area contributed by atoms with E-state index in [0.29, 0.717) is 19.0 Å². The van der Waals surface area contributed by atoms with Crippen LogP contribution in [0.5, 0.6) is 0 Å². The lowest BCUT2D eigenvalue weighted by molar-refractivity contribution is -0.122. The number of piperidine rings is 1. The minimum atomic E-state index is 0.153. The number of nitrogens with one attached hydrogen (secondary N) is 3. The molecule has 3 heterocycles. The van der Waals surface area contributed by atoms with Gasteiger partial charge < -0.3 is 10.6 Å². The lowest BCUT2D eigenvalue weighted by atomic mass is 10.1. The molecule has 2 aromatic rings. The molecule has 19 heavy (non-hydrogen) atoms. The Morgan fingerprint density at radius 1 is 1.53 bits per heavy atom. The topological polar surface area (TPSA) is 69.8 Å². The van der Waals surface area contributed by atoms with E-state index in [1.54, 1.807) is 11.3 Å². The molecule has 1 atom stereocenters. The number of nitrogens with zero attached hydrogens (tertiary/aromatic N) is 1. The molecule has 1 saturated heterocycles. The smallest absolute Gasteiger partial charge is 0.220 e. The highest BCUT2D eigenvalue weighted by atomic mass is 32.1. The third-order valence-corrected chi connectivity index (χ3v) is 4.22. The highest BCUT2D eigenvalue weighted by molar-refractivity contribution is 7.13. The summed E-state index contributed by atoms with van der Waals surface area (Å²) in [6.45, 7) is 1.48. The molecular formula is C13H16N4OS. The molecule has 3 rings (SSSR count). The Morgan fingerprint density at radius 3 is 3.21 bits per heavy atom. The van der Waals surface area contributed by atoms with Gasteiger partial charge >= 0.3 is 0 Å². The third kappa shape index (κ3) is 2.85. The number of H-pyrrole nitrogens is 1. The Balaban J connectivity index is 1.62. The zero-order valence-electron chi connectivity index (χ0n) is 10.5. The number of carbonyl (C=O) groups is 1. The highest BCUT2D eigenvalue weighted by Crippen LogP contribution is 2.25. The zero-order chi connectivity index (χ0) is 13.1. The van der Waals surface area contributed by atoms with Gasteiger partial charge in [0.2, 0.25) is 5.91 Å². The van der Waals surface area contributed by atoms with E-state index in [4.69, 9.17) is 0 Å². The van der Waals surface area contributed by atoms with Crippen LogP contribution in [-0.2, 0) is 11.3 Å². The first-order valence-corrected chi connectivity index (χ1v) is 7.27. The maximum absolute atomic E-state index is 11.1. The standard InChI is InChI=1S/C13H16N4OS/c18-12-4-3-10(8-15-12)14-6-9-7-16-17-13(9)11-2-1-5-19-11/h1-2,5,7,10,14H,3-4,6,8H2,(H,15,18)(H,16,17). The van der Waals surface area contributed by atoms with Gasteiger partial charge in [0.25, 0.3) is 0 Å². The molecule has 0 spiro atoms. The van der Waals surface area contributed by atoms with Crippen molar-refractivity contribution in [3.05, 3.63) is 29.3 Å². The summed E-state index contributed by atoms with van der Waals surface area (Å²) < 4.78 is 0. The Morgan fingerprint density at radius 2 is 2.47 bits per heavy atom. The minimum absolute atomic E-state index is 0.153. The van der Waals surface area contributed by atoms with E-state index in [0.717, 1.165) is 18.7 Å². The Hall–Kier alpha value is -1.66. The van der Waals surface area contributed by atoms with Gasteiger partial charge in [-0.1, -0.05) is 6.07 Å². The summed E-state index contributed by atoms with van der Waals surface area (Å²) in [5.41, 5.74) is 2.25. The molecule has 6 heteroatoms. The number of carbonyl (C=O) groups excluding carboxylic acids is 1. The van der Waals surface area contributed by atoms with Crippen LogP contribution in [0.2, 0.25) is 0 Å². The fourth-order valence-corrected chi connectivity index (χ4v) is 3.00. The Kier molecular flexibility index (Phi) is 3.61. The summed E-state index contributed by atoms with van der Waals surface area (Å²) in [5.74, 6) is 0.153. The van der Waals surface area contributed by atoms with Crippen molar-refractivity contribution in [2.75, 3.05) is 6.54 Å². The van der Waals surface area contributed by atoms with Gasteiger partial charge in [-0.2, -0.15) is 5.10 Å². The van der Waals surface area contributed by atoms with Gasteiger partial charge in [0.1, 0.15) is 0 Å². The lowest BCUT2D eigenvalue weighted by Gasteiger charge is -2.23. The summed E-state index contributed by atoms with van der Waals surface area (Å²) in [5, 5.41) is 15.6. The molecule has 0 radical (unpaired) electrons. The van der Waals surface area contributed by atoms with Gasteiger partial charge in [-0.05, 0) is 17.9 Å². The van der Waals surface area contributed by atoms with Crippen molar-refractivity contribution >= 4 is 17.2 Å². The van der Waals surface area contributed by atoms with Crippen molar-refractivity contribution in [1.29, 1.82) is 0 Å². The molecule has 1 aliphatic rings. The van der Waals surface area contributed by atoms with E-state index in [1.165, 1.54) is 10.4 Å². The Labute approximate surface area is 115 Å². The summed E-state index contributed by atoms with van der Waals surface area (Å²) >= 11 is 1.70. The largest absolute Gasteiger partial charge is 0.355 e. The average molecular weight is 276 g/mol. The predicted molar refractivity (Wildman–Crippen MR) is 74.8 cm³/mol. The van der Waals surface area contributed by atoms with Crippen molar-refractivity contribution in [3.8, 4) is 10.6 Å². The molecular weight excluding hydrogens is 260 g/mol. The van der Waals surface area contributed by atoms with E-state index in [1.807, 2.05) is 12.3 Å². The fraction of sp³-hybridized carbons (Fsp3) is 0.385. The molecule has 1 fully saturated rings. The Bertz CT molecular complexity index is 539. The van der Waals surface area contributed by atoms with E-state index < -0.39 is 0 Å².